The predicted molar refractivity (Wildman–Crippen MR) is 106 cm³/mol. The van der Waals surface area contributed by atoms with Crippen molar-refractivity contribution in [3.8, 4) is 0 Å². The topological polar surface area (TPSA) is 62.1 Å². The SMILES string of the molecule is Cc1ccc2c(c1)C(=O)C(=O)N2C[NH+]1CCC(C(=O)N2CCCCCC2)CC1. The van der Waals surface area contributed by atoms with Crippen LogP contribution in [0, 0.1) is 12.8 Å². The maximum Gasteiger partial charge on any atom is 0.303 e. The van der Waals surface area contributed by atoms with Crippen LogP contribution in [0.15, 0.2) is 18.2 Å². The number of ketones is 1. The minimum atomic E-state index is -0.420. The number of Topliss-reactive ketones (excluding diaryl/α,β-unsaturated/α-hetero) is 1. The molecule has 0 unspecified atom stereocenters. The van der Waals surface area contributed by atoms with Crippen molar-refractivity contribution < 1.29 is 19.3 Å². The lowest BCUT2D eigenvalue weighted by Crippen LogP contribution is -3.14. The molecular weight excluding hydrogens is 354 g/mol. The molecule has 0 saturated carbocycles. The van der Waals surface area contributed by atoms with Gasteiger partial charge in [-0.2, -0.15) is 0 Å². The summed E-state index contributed by atoms with van der Waals surface area (Å²) in [5.41, 5.74) is 2.24. The van der Waals surface area contributed by atoms with Crippen LogP contribution in [-0.4, -0.2) is 55.3 Å². The van der Waals surface area contributed by atoms with E-state index in [4.69, 9.17) is 0 Å². The number of fused-ring (bicyclic) bond motifs is 1. The van der Waals surface area contributed by atoms with Gasteiger partial charge in [0.15, 0.2) is 6.67 Å². The lowest BCUT2D eigenvalue weighted by atomic mass is 9.95. The van der Waals surface area contributed by atoms with Gasteiger partial charge < -0.3 is 9.80 Å². The van der Waals surface area contributed by atoms with Gasteiger partial charge in [-0.05, 0) is 31.9 Å². The van der Waals surface area contributed by atoms with E-state index in [0.29, 0.717) is 18.1 Å². The number of hydrogen-bond donors (Lipinski definition) is 1. The van der Waals surface area contributed by atoms with E-state index in [1.54, 1.807) is 11.0 Å². The molecular formula is C22H30N3O3+. The average Bonchev–Trinajstić information content (AvgIpc) is 2.91. The minimum absolute atomic E-state index is 0.118. The molecule has 2 saturated heterocycles. The van der Waals surface area contributed by atoms with Crippen LogP contribution in [0.1, 0.15) is 54.4 Å². The molecule has 1 aromatic carbocycles. The minimum Gasteiger partial charge on any atom is -0.342 e. The number of quaternary nitrogens is 1. The number of rotatable bonds is 3. The second-order valence-corrected chi connectivity index (χ2v) is 8.50. The summed E-state index contributed by atoms with van der Waals surface area (Å²) < 4.78 is 0. The van der Waals surface area contributed by atoms with Crippen LogP contribution in [0.3, 0.4) is 0 Å². The van der Waals surface area contributed by atoms with Gasteiger partial charge in [0.1, 0.15) is 0 Å². The fourth-order valence-corrected chi connectivity index (χ4v) is 4.78. The van der Waals surface area contributed by atoms with Crippen molar-refractivity contribution in [3.63, 3.8) is 0 Å². The van der Waals surface area contributed by atoms with E-state index < -0.39 is 11.7 Å². The van der Waals surface area contributed by atoms with E-state index in [-0.39, 0.29) is 5.92 Å². The molecule has 0 aromatic heterocycles. The van der Waals surface area contributed by atoms with Gasteiger partial charge in [0.2, 0.25) is 5.91 Å². The van der Waals surface area contributed by atoms with Crippen LogP contribution < -0.4 is 9.80 Å². The Kier molecular flexibility index (Phi) is 5.49. The number of carbonyl (C=O) groups excluding carboxylic acids is 3. The Labute approximate surface area is 166 Å². The number of carbonyl (C=O) groups is 3. The molecule has 3 aliphatic rings. The van der Waals surface area contributed by atoms with Gasteiger partial charge in [-0.15, -0.1) is 0 Å². The number of likely N-dealkylation sites (tertiary alicyclic amines) is 2. The molecule has 3 aliphatic heterocycles. The van der Waals surface area contributed by atoms with Gasteiger partial charge in [0.05, 0.1) is 24.3 Å². The molecule has 2 fully saturated rings. The monoisotopic (exact) mass is 384 g/mol. The van der Waals surface area contributed by atoms with Crippen LogP contribution in [0.4, 0.5) is 5.69 Å². The molecule has 0 bridgehead atoms. The van der Waals surface area contributed by atoms with Crippen molar-refractivity contribution in [1.29, 1.82) is 0 Å². The molecule has 150 valence electrons. The fourth-order valence-electron chi connectivity index (χ4n) is 4.78. The van der Waals surface area contributed by atoms with Crippen molar-refractivity contribution in [2.45, 2.75) is 45.4 Å². The van der Waals surface area contributed by atoms with E-state index >= 15 is 0 Å². The first-order valence-corrected chi connectivity index (χ1v) is 10.6. The fraction of sp³-hybridized carbons (Fsp3) is 0.591. The zero-order chi connectivity index (χ0) is 19.7. The molecule has 4 rings (SSSR count). The highest BCUT2D eigenvalue weighted by molar-refractivity contribution is 6.52. The Balaban J connectivity index is 1.35. The highest BCUT2D eigenvalue weighted by Crippen LogP contribution is 2.29. The third-order valence-electron chi connectivity index (χ3n) is 6.47. The van der Waals surface area contributed by atoms with Crippen molar-refractivity contribution in [3.05, 3.63) is 29.3 Å². The Bertz CT molecular complexity index is 775. The Morgan fingerprint density at radius 1 is 1.07 bits per heavy atom. The average molecular weight is 385 g/mol. The summed E-state index contributed by atoms with van der Waals surface area (Å²) in [6, 6.07) is 5.62. The molecule has 1 N–H and O–H groups in total. The number of anilines is 1. The first-order chi connectivity index (χ1) is 13.5. The van der Waals surface area contributed by atoms with Crippen LogP contribution in [-0.2, 0) is 9.59 Å². The summed E-state index contributed by atoms with van der Waals surface area (Å²) in [6.07, 6.45) is 6.44. The number of piperidine rings is 1. The summed E-state index contributed by atoms with van der Waals surface area (Å²) in [4.78, 5) is 42.6. The number of amides is 2. The molecule has 0 spiro atoms. The summed E-state index contributed by atoms with van der Waals surface area (Å²) in [5.74, 6) is -0.373. The van der Waals surface area contributed by atoms with E-state index in [1.165, 1.54) is 17.7 Å². The molecule has 6 heteroatoms. The van der Waals surface area contributed by atoms with Crippen LogP contribution in [0.5, 0.6) is 0 Å². The predicted octanol–water partition coefficient (Wildman–Crippen LogP) is 1.18. The van der Waals surface area contributed by atoms with E-state index in [1.807, 2.05) is 19.1 Å². The summed E-state index contributed by atoms with van der Waals surface area (Å²) in [5, 5.41) is 0. The van der Waals surface area contributed by atoms with Crippen LogP contribution in [0.2, 0.25) is 0 Å². The molecule has 0 radical (unpaired) electrons. The largest absolute Gasteiger partial charge is 0.342 e. The standard InChI is InChI=1S/C22H29N3O3/c1-16-6-7-19-18(14-16)20(26)22(28)25(19)15-23-12-8-17(9-13-23)21(27)24-10-4-2-3-5-11-24/h6-7,14,17H,2-5,8-13,15H2,1H3/p+1. The first kappa shape index (κ1) is 19.1. The molecule has 6 nitrogen and oxygen atoms in total. The lowest BCUT2D eigenvalue weighted by Gasteiger charge is -2.33. The highest BCUT2D eigenvalue weighted by Gasteiger charge is 2.39. The Hall–Kier alpha value is -2.21. The third-order valence-corrected chi connectivity index (χ3v) is 6.47. The Morgan fingerprint density at radius 2 is 1.75 bits per heavy atom. The normalized spacial score (nSPS) is 25.6. The zero-order valence-electron chi connectivity index (χ0n) is 16.7. The lowest BCUT2D eigenvalue weighted by molar-refractivity contribution is -0.904. The van der Waals surface area contributed by atoms with Crippen LogP contribution in [0.25, 0.3) is 0 Å². The molecule has 2 amide bonds. The Morgan fingerprint density at radius 3 is 2.43 bits per heavy atom. The number of aryl methyl sites for hydroxylation is 1. The summed E-state index contributed by atoms with van der Waals surface area (Å²) in [6.45, 7) is 5.98. The van der Waals surface area contributed by atoms with Gasteiger partial charge in [-0.1, -0.05) is 24.5 Å². The van der Waals surface area contributed by atoms with Crippen molar-refractivity contribution in [2.24, 2.45) is 5.92 Å². The van der Waals surface area contributed by atoms with Gasteiger partial charge >= 0.3 is 5.91 Å². The highest BCUT2D eigenvalue weighted by atomic mass is 16.2. The van der Waals surface area contributed by atoms with E-state index in [0.717, 1.165) is 63.1 Å². The number of hydrogen-bond acceptors (Lipinski definition) is 3. The smallest absolute Gasteiger partial charge is 0.303 e. The first-order valence-electron chi connectivity index (χ1n) is 10.6. The number of nitrogens with one attached hydrogen (secondary N) is 1. The van der Waals surface area contributed by atoms with Crippen LogP contribution >= 0.6 is 0 Å². The van der Waals surface area contributed by atoms with Gasteiger partial charge in [0, 0.05) is 31.8 Å². The van der Waals surface area contributed by atoms with Gasteiger partial charge in [0.25, 0.3) is 5.78 Å². The maximum atomic E-state index is 12.9. The van der Waals surface area contributed by atoms with Gasteiger partial charge in [-0.3, -0.25) is 19.3 Å². The molecule has 0 aliphatic carbocycles. The maximum absolute atomic E-state index is 12.9. The molecule has 0 atom stereocenters. The molecule has 1 aromatic rings. The van der Waals surface area contributed by atoms with E-state index in [9.17, 15) is 14.4 Å². The number of nitrogens with zero attached hydrogens (tertiary/aromatic N) is 2. The van der Waals surface area contributed by atoms with Crippen molar-refractivity contribution >= 4 is 23.3 Å². The second kappa shape index (κ2) is 8.03. The van der Waals surface area contributed by atoms with Crippen molar-refractivity contribution in [1.82, 2.24) is 4.90 Å². The zero-order valence-corrected chi connectivity index (χ0v) is 16.7. The quantitative estimate of drug-likeness (QED) is 0.796. The van der Waals surface area contributed by atoms with E-state index in [2.05, 4.69) is 4.90 Å². The summed E-state index contributed by atoms with van der Waals surface area (Å²) >= 11 is 0. The van der Waals surface area contributed by atoms with Gasteiger partial charge in [-0.25, -0.2) is 0 Å². The number of benzene rings is 1. The molecule has 3 heterocycles. The van der Waals surface area contributed by atoms with Crippen molar-refractivity contribution in [2.75, 3.05) is 37.7 Å². The molecule has 28 heavy (non-hydrogen) atoms. The second-order valence-electron chi connectivity index (χ2n) is 8.50. The third kappa shape index (κ3) is 3.70. The summed E-state index contributed by atoms with van der Waals surface area (Å²) in [7, 11) is 0.